The standard InChI is InChI=1S/C14H18ClNO5/c1-14(2,3)21-13(20)16(15)11-7-5-4-6-9(11)10(8-17)12(18)19/h4-7,10,17H,8H2,1-3H3,(H,18,19). The number of para-hydroxylation sites is 1. The van der Waals surface area contributed by atoms with E-state index in [2.05, 4.69) is 0 Å². The number of hydrogen-bond acceptors (Lipinski definition) is 4. The van der Waals surface area contributed by atoms with Crippen LogP contribution in [-0.2, 0) is 9.53 Å². The Balaban J connectivity index is 3.13. The maximum Gasteiger partial charge on any atom is 0.429 e. The molecule has 1 unspecified atom stereocenters. The van der Waals surface area contributed by atoms with Gasteiger partial charge in [-0.2, -0.15) is 4.42 Å². The molecule has 0 saturated carbocycles. The first-order valence-electron chi connectivity index (χ1n) is 6.29. The Bertz CT molecular complexity index is 526. The Morgan fingerprint density at radius 1 is 1.33 bits per heavy atom. The highest BCUT2D eigenvalue weighted by Gasteiger charge is 2.28. The fourth-order valence-corrected chi connectivity index (χ4v) is 1.86. The maximum absolute atomic E-state index is 12.0. The van der Waals surface area contributed by atoms with E-state index in [4.69, 9.17) is 21.6 Å². The molecule has 1 atom stereocenters. The van der Waals surface area contributed by atoms with Crippen molar-refractivity contribution in [2.45, 2.75) is 32.3 Å². The fourth-order valence-electron chi connectivity index (χ4n) is 1.67. The van der Waals surface area contributed by atoms with Crippen LogP contribution in [0.4, 0.5) is 10.5 Å². The first-order chi connectivity index (χ1) is 9.67. The molecule has 0 aliphatic heterocycles. The van der Waals surface area contributed by atoms with Crippen molar-refractivity contribution in [3.63, 3.8) is 0 Å². The summed E-state index contributed by atoms with van der Waals surface area (Å²) in [6, 6.07) is 6.18. The van der Waals surface area contributed by atoms with Gasteiger partial charge >= 0.3 is 12.1 Å². The Morgan fingerprint density at radius 2 is 1.90 bits per heavy atom. The minimum Gasteiger partial charge on any atom is -0.481 e. The Hall–Kier alpha value is -1.79. The Kier molecular flexibility index (Phi) is 5.57. The van der Waals surface area contributed by atoms with Gasteiger partial charge in [0.15, 0.2) is 0 Å². The molecule has 2 N–H and O–H groups in total. The lowest BCUT2D eigenvalue weighted by Gasteiger charge is -2.25. The lowest BCUT2D eigenvalue weighted by Crippen LogP contribution is -2.32. The van der Waals surface area contributed by atoms with Crippen molar-refractivity contribution >= 4 is 29.5 Å². The molecular formula is C14H18ClNO5. The van der Waals surface area contributed by atoms with E-state index in [1.54, 1.807) is 32.9 Å². The van der Waals surface area contributed by atoms with Crippen molar-refractivity contribution in [3.8, 4) is 0 Å². The van der Waals surface area contributed by atoms with Crippen molar-refractivity contribution in [3.05, 3.63) is 29.8 Å². The number of carboxylic acid groups (broad SMARTS) is 1. The zero-order valence-electron chi connectivity index (χ0n) is 12.0. The van der Waals surface area contributed by atoms with Crippen LogP contribution in [0.15, 0.2) is 24.3 Å². The highest BCUT2D eigenvalue weighted by molar-refractivity contribution is 6.35. The monoisotopic (exact) mass is 315 g/mol. The number of anilines is 1. The normalized spacial score (nSPS) is 12.6. The molecule has 1 aromatic rings. The second-order valence-corrected chi connectivity index (χ2v) is 5.73. The number of benzene rings is 1. The van der Waals surface area contributed by atoms with Crippen molar-refractivity contribution in [2.75, 3.05) is 11.0 Å². The van der Waals surface area contributed by atoms with Gasteiger partial charge in [-0.25, -0.2) is 4.79 Å². The molecule has 0 fully saturated rings. The van der Waals surface area contributed by atoms with Crippen LogP contribution in [0.3, 0.4) is 0 Å². The van der Waals surface area contributed by atoms with Crippen LogP contribution >= 0.6 is 11.8 Å². The maximum atomic E-state index is 12.0. The van der Waals surface area contributed by atoms with Gasteiger partial charge in [0.05, 0.1) is 12.3 Å². The van der Waals surface area contributed by atoms with Gasteiger partial charge in [-0.3, -0.25) is 4.79 Å². The van der Waals surface area contributed by atoms with E-state index in [9.17, 15) is 14.7 Å². The zero-order chi connectivity index (χ0) is 16.2. The van der Waals surface area contributed by atoms with Gasteiger partial charge in [0.1, 0.15) is 11.5 Å². The van der Waals surface area contributed by atoms with Crippen LogP contribution in [0.25, 0.3) is 0 Å². The third kappa shape index (κ3) is 4.61. The minimum atomic E-state index is -1.21. The molecule has 1 amide bonds. The number of carbonyl (C=O) groups is 2. The van der Waals surface area contributed by atoms with Gasteiger partial charge in [0.2, 0.25) is 0 Å². The van der Waals surface area contributed by atoms with Crippen LogP contribution in [0.5, 0.6) is 0 Å². The lowest BCUT2D eigenvalue weighted by molar-refractivity contribution is -0.139. The molecule has 0 spiro atoms. The van der Waals surface area contributed by atoms with Crippen LogP contribution in [0.2, 0.25) is 0 Å². The molecule has 6 nitrogen and oxygen atoms in total. The number of carbonyl (C=O) groups excluding carboxylic acids is 1. The highest BCUT2D eigenvalue weighted by atomic mass is 35.5. The number of aliphatic carboxylic acids is 1. The lowest BCUT2D eigenvalue weighted by atomic mass is 9.98. The molecule has 0 aliphatic carbocycles. The van der Waals surface area contributed by atoms with E-state index in [0.717, 1.165) is 0 Å². The van der Waals surface area contributed by atoms with Gasteiger partial charge < -0.3 is 14.9 Å². The molecule has 0 saturated heterocycles. The second-order valence-electron chi connectivity index (χ2n) is 5.39. The number of aliphatic hydroxyl groups is 1. The van der Waals surface area contributed by atoms with E-state index in [1.807, 2.05) is 0 Å². The number of ether oxygens (including phenoxy) is 1. The number of amides is 1. The molecule has 0 aliphatic rings. The number of carboxylic acids is 1. The number of aliphatic hydroxyl groups excluding tert-OH is 1. The SMILES string of the molecule is CC(C)(C)OC(=O)N(Cl)c1ccccc1C(CO)C(=O)O. The third-order valence-electron chi connectivity index (χ3n) is 2.56. The summed E-state index contributed by atoms with van der Waals surface area (Å²) in [6.07, 6.45) is -0.821. The second kappa shape index (κ2) is 6.78. The highest BCUT2D eigenvalue weighted by Crippen LogP contribution is 2.30. The van der Waals surface area contributed by atoms with Crippen LogP contribution < -0.4 is 4.42 Å². The first-order valence-corrected chi connectivity index (χ1v) is 6.62. The van der Waals surface area contributed by atoms with Crippen molar-refractivity contribution in [2.24, 2.45) is 0 Å². The molecule has 1 aromatic carbocycles. The third-order valence-corrected chi connectivity index (χ3v) is 2.88. The summed E-state index contributed by atoms with van der Waals surface area (Å²) < 4.78 is 5.84. The molecule has 21 heavy (non-hydrogen) atoms. The Labute approximate surface area is 128 Å². The van der Waals surface area contributed by atoms with Crippen LogP contribution in [0, 0.1) is 0 Å². The van der Waals surface area contributed by atoms with E-state index in [1.165, 1.54) is 12.1 Å². The average molecular weight is 316 g/mol. The van der Waals surface area contributed by atoms with E-state index < -0.39 is 30.2 Å². The zero-order valence-corrected chi connectivity index (χ0v) is 12.8. The topological polar surface area (TPSA) is 87.1 Å². The van der Waals surface area contributed by atoms with E-state index in [-0.39, 0.29) is 11.3 Å². The van der Waals surface area contributed by atoms with Crippen LogP contribution in [0.1, 0.15) is 32.3 Å². The number of nitrogens with zero attached hydrogens (tertiary/aromatic N) is 1. The van der Waals surface area contributed by atoms with Crippen molar-refractivity contribution < 1.29 is 24.5 Å². The minimum absolute atomic E-state index is 0.162. The van der Waals surface area contributed by atoms with Gasteiger partial charge in [-0.15, -0.1) is 0 Å². The summed E-state index contributed by atoms with van der Waals surface area (Å²) in [5, 5.41) is 18.3. The van der Waals surface area contributed by atoms with Crippen molar-refractivity contribution in [1.29, 1.82) is 0 Å². The van der Waals surface area contributed by atoms with Gasteiger partial charge in [0, 0.05) is 11.8 Å². The smallest absolute Gasteiger partial charge is 0.429 e. The molecule has 0 radical (unpaired) electrons. The fraction of sp³-hybridized carbons (Fsp3) is 0.429. The Morgan fingerprint density at radius 3 is 2.38 bits per heavy atom. The molecule has 0 bridgehead atoms. The predicted octanol–water partition coefficient (Wildman–Crippen LogP) is 2.74. The molecule has 1 rings (SSSR count). The summed E-state index contributed by atoms with van der Waals surface area (Å²) >= 11 is 5.96. The predicted molar refractivity (Wildman–Crippen MR) is 78.5 cm³/mol. The van der Waals surface area contributed by atoms with Gasteiger partial charge in [-0.05, 0) is 32.4 Å². The quantitative estimate of drug-likeness (QED) is 0.834. The van der Waals surface area contributed by atoms with E-state index >= 15 is 0 Å². The number of halogens is 1. The molecule has 116 valence electrons. The summed E-state index contributed by atoms with van der Waals surface area (Å²) in [7, 11) is 0. The molecular weight excluding hydrogens is 298 g/mol. The summed E-state index contributed by atoms with van der Waals surface area (Å²) in [5.41, 5.74) is -0.342. The number of hydrogen-bond donors (Lipinski definition) is 2. The number of rotatable bonds is 4. The van der Waals surface area contributed by atoms with E-state index in [0.29, 0.717) is 4.42 Å². The summed E-state index contributed by atoms with van der Waals surface area (Å²) in [6.45, 7) is 4.46. The summed E-state index contributed by atoms with van der Waals surface area (Å²) in [4.78, 5) is 23.1. The largest absolute Gasteiger partial charge is 0.481 e. The van der Waals surface area contributed by atoms with Crippen molar-refractivity contribution in [1.82, 2.24) is 0 Å². The van der Waals surface area contributed by atoms with Gasteiger partial charge in [-0.1, -0.05) is 18.2 Å². The summed E-state index contributed by atoms with van der Waals surface area (Å²) in [5.74, 6) is -2.39. The van der Waals surface area contributed by atoms with Crippen LogP contribution in [-0.4, -0.2) is 34.5 Å². The first kappa shape index (κ1) is 17.3. The molecule has 0 aromatic heterocycles. The van der Waals surface area contributed by atoms with Gasteiger partial charge in [0.25, 0.3) is 0 Å². The molecule has 7 heteroatoms. The average Bonchev–Trinajstić information content (AvgIpc) is 2.37. The molecule has 0 heterocycles.